The Balaban J connectivity index is -0.000000636. The Bertz CT molecular complexity index is 664. The second-order valence-electron chi connectivity index (χ2n) is 9.44. The first-order chi connectivity index (χ1) is 17.7. The molecule has 0 saturated heterocycles. The molecule has 0 aliphatic carbocycles. The van der Waals surface area contributed by atoms with E-state index in [4.69, 9.17) is 9.92 Å². The van der Waals surface area contributed by atoms with E-state index in [-0.39, 0.29) is 55.9 Å². The Morgan fingerprint density at radius 2 is 0.789 bits per heavy atom. The van der Waals surface area contributed by atoms with Crippen molar-refractivity contribution in [3.63, 3.8) is 0 Å². The van der Waals surface area contributed by atoms with Crippen LogP contribution in [0.1, 0.15) is 142 Å². The van der Waals surface area contributed by atoms with Gasteiger partial charge in [-0.2, -0.15) is 8.42 Å². The van der Waals surface area contributed by atoms with Crippen molar-refractivity contribution in [2.75, 3.05) is 26.4 Å². The van der Waals surface area contributed by atoms with Gasteiger partial charge in [0, 0.05) is 6.54 Å². The molecule has 0 aromatic heterocycles. The van der Waals surface area contributed by atoms with E-state index in [1.165, 1.54) is 89.9 Å². The van der Waals surface area contributed by atoms with Gasteiger partial charge in [-0.05, 0) is 12.8 Å². The molecule has 0 rings (SSSR count). The minimum absolute atomic E-state index is 0. The van der Waals surface area contributed by atoms with Crippen LogP contribution >= 0.6 is 0 Å². The molecule has 0 radical (unpaired) electrons. The summed E-state index contributed by atoms with van der Waals surface area (Å²) in [5.41, 5.74) is 5.15. The van der Waals surface area contributed by atoms with Gasteiger partial charge in [-0.25, -0.2) is 16.8 Å². The van der Waals surface area contributed by atoms with Gasteiger partial charge in [0.15, 0.2) is 0 Å². The molecule has 0 atom stereocenters. The molecule has 0 heterocycles. The fourth-order valence-corrected chi connectivity index (χ4v) is 4.70. The summed E-state index contributed by atoms with van der Waals surface area (Å²) in [6, 6.07) is 0. The Morgan fingerprint density at radius 3 is 1.11 bits per heavy atom. The van der Waals surface area contributed by atoms with Gasteiger partial charge in [0.2, 0.25) is 10.4 Å². The summed E-state index contributed by atoms with van der Waals surface area (Å²) in [6.45, 7) is 4.81. The largest absolute Gasteiger partial charge is 1.00 e. The zero-order chi connectivity index (χ0) is 28.1. The first-order valence-corrected chi connectivity index (χ1v) is 17.2. The van der Waals surface area contributed by atoms with Crippen LogP contribution in [0.5, 0.6) is 0 Å². The van der Waals surface area contributed by atoms with Crippen LogP contribution in [0.15, 0.2) is 0 Å². The summed E-state index contributed by atoms with van der Waals surface area (Å²) < 4.78 is 66.0. The van der Waals surface area contributed by atoms with E-state index in [0.717, 1.165) is 32.1 Å². The predicted molar refractivity (Wildman–Crippen MR) is 149 cm³/mol. The molecule has 0 aliphatic rings. The monoisotopic (exact) mass is 597 g/mol. The third-order valence-corrected chi connectivity index (χ3v) is 7.16. The maximum Gasteiger partial charge on any atom is 1.00 e. The number of hydrogen-bond donors (Lipinski definition) is 1. The summed E-state index contributed by atoms with van der Waals surface area (Å²) in [6.07, 6.45) is 23.7. The van der Waals surface area contributed by atoms with Crippen LogP contribution in [-0.4, -0.2) is 47.8 Å². The molecule has 0 aliphatic heterocycles. The van der Waals surface area contributed by atoms with Crippen molar-refractivity contribution in [2.45, 2.75) is 142 Å². The summed E-state index contributed by atoms with van der Waals surface area (Å²) in [5, 5.41) is 0. The average Bonchev–Trinajstić information content (AvgIpc) is 2.84. The SMILES string of the molecule is CCCCCCCCCCCCOS(=O)(=O)OCCN.CCCCCCCCCCCCOS(=O)(=O)[O-].[Na+]. The third-order valence-electron chi connectivity index (χ3n) is 5.80. The van der Waals surface area contributed by atoms with Gasteiger partial charge in [-0.3, -0.25) is 4.18 Å². The summed E-state index contributed by atoms with van der Waals surface area (Å²) in [4.78, 5) is 0. The molecular formula is C26H56NNaO8S2. The Morgan fingerprint density at radius 1 is 0.500 bits per heavy atom. The van der Waals surface area contributed by atoms with Crippen molar-refractivity contribution < 1.29 is 63.5 Å². The molecule has 0 bridgehead atoms. The van der Waals surface area contributed by atoms with E-state index >= 15 is 0 Å². The fraction of sp³-hybridized carbons (Fsp3) is 1.00. The molecule has 2 N–H and O–H groups in total. The number of unbranched alkanes of at least 4 members (excludes halogenated alkanes) is 18. The van der Waals surface area contributed by atoms with Crippen molar-refractivity contribution >= 4 is 20.8 Å². The molecule has 0 amide bonds. The average molecular weight is 598 g/mol. The van der Waals surface area contributed by atoms with Gasteiger partial charge in [-0.15, -0.1) is 0 Å². The molecule has 0 saturated carbocycles. The molecule has 12 heteroatoms. The van der Waals surface area contributed by atoms with E-state index in [2.05, 4.69) is 22.2 Å². The van der Waals surface area contributed by atoms with Crippen molar-refractivity contribution in [1.82, 2.24) is 0 Å². The van der Waals surface area contributed by atoms with Gasteiger partial charge >= 0.3 is 40.0 Å². The van der Waals surface area contributed by atoms with Crippen LogP contribution in [0.2, 0.25) is 0 Å². The van der Waals surface area contributed by atoms with Gasteiger partial charge in [0.1, 0.15) is 0 Å². The van der Waals surface area contributed by atoms with Gasteiger partial charge in [0.25, 0.3) is 0 Å². The minimum atomic E-state index is -4.48. The number of hydrogen-bond acceptors (Lipinski definition) is 9. The summed E-state index contributed by atoms with van der Waals surface area (Å²) in [7, 11) is -8.32. The normalized spacial score (nSPS) is 11.6. The van der Waals surface area contributed by atoms with Gasteiger partial charge < -0.3 is 10.3 Å². The Kier molecular flexibility index (Phi) is 36.6. The van der Waals surface area contributed by atoms with E-state index in [9.17, 15) is 21.4 Å². The molecule has 0 aromatic rings. The molecule has 0 fully saturated rings. The van der Waals surface area contributed by atoms with Crippen molar-refractivity contribution in [3.05, 3.63) is 0 Å². The fourth-order valence-electron chi connectivity index (χ4n) is 3.69. The van der Waals surface area contributed by atoms with E-state index in [0.29, 0.717) is 6.42 Å². The molecule has 0 spiro atoms. The number of nitrogens with two attached hydrogens (primary N) is 1. The first-order valence-electron chi connectivity index (χ1n) is 14.5. The summed E-state index contributed by atoms with van der Waals surface area (Å²) in [5.74, 6) is 0. The first kappa shape index (κ1) is 43.2. The van der Waals surface area contributed by atoms with Crippen LogP contribution in [0.25, 0.3) is 0 Å². The van der Waals surface area contributed by atoms with Crippen molar-refractivity contribution in [3.8, 4) is 0 Å². The van der Waals surface area contributed by atoms with Crippen LogP contribution in [0.3, 0.4) is 0 Å². The molecular weight excluding hydrogens is 541 g/mol. The molecule has 0 unspecified atom stereocenters. The minimum Gasteiger partial charge on any atom is -0.726 e. The van der Waals surface area contributed by atoms with Gasteiger partial charge in [-0.1, -0.05) is 129 Å². The Hall–Kier alpha value is 0.700. The van der Waals surface area contributed by atoms with Crippen LogP contribution in [0.4, 0.5) is 0 Å². The predicted octanol–water partition coefficient (Wildman–Crippen LogP) is 3.53. The van der Waals surface area contributed by atoms with Gasteiger partial charge in [0.05, 0.1) is 19.8 Å². The summed E-state index contributed by atoms with van der Waals surface area (Å²) >= 11 is 0. The third kappa shape index (κ3) is 41.2. The Labute approximate surface area is 257 Å². The zero-order valence-electron chi connectivity index (χ0n) is 24.6. The molecule has 38 heavy (non-hydrogen) atoms. The van der Waals surface area contributed by atoms with E-state index in [1.807, 2.05) is 0 Å². The van der Waals surface area contributed by atoms with Crippen LogP contribution in [-0.2, 0) is 33.3 Å². The topological polar surface area (TPSA) is 145 Å². The quantitative estimate of drug-likeness (QED) is 0.0650. The van der Waals surface area contributed by atoms with Crippen LogP contribution in [0, 0.1) is 0 Å². The van der Waals surface area contributed by atoms with Crippen LogP contribution < -0.4 is 35.3 Å². The van der Waals surface area contributed by atoms with Crippen molar-refractivity contribution in [2.24, 2.45) is 5.73 Å². The molecule has 226 valence electrons. The standard InChI is InChI=1S/C14H31NO4S.C12H26O4S.Na/c1-2-3-4-5-6-7-8-9-10-11-13-18-20(16,17)19-14-12-15;1-2-3-4-5-6-7-8-9-10-11-12-16-17(13,14)15;/h2-15H2,1H3;2-12H2,1H3,(H,13,14,15);/q;;+1/p-1. The zero-order valence-corrected chi connectivity index (χ0v) is 28.3. The maximum absolute atomic E-state index is 11.1. The molecule has 0 aromatic carbocycles. The maximum atomic E-state index is 11.1. The smallest absolute Gasteiger partial charge is 0.726 e. The van der Waals surface area contributed by atoms with E-state index in [1.54, 1.807) is 0 Å². The second kappa shape index (κ2) is 32.2. The van der Waals surface area contributed by atoms with Crippen molar-refractivity contribution in [1.29, 1.82) is 0 Å². The van der Waals surface area contributed by atoms with E-state index < -0.39 is 20.8 Å². The number of rotatable bonds is 27. The molecule has 9 nitrogen and oxygen atoms in total. The second-order valence-corrected chi connectivity index (χ2v) is 11.8.